The van der Waals surface area contributed by atoms with Crippen molar-refractivity contribution in [2.24, 2.45) is 5.92 Å². The third-order valence-electron chi connectivity index (χ3n) is 4.38. The van der Waals surface area contributed by atoms with Gasteiger partial charge in [-0.05, 0) is 44.6 Å². The molecule has 2 rings (SSSR count). The first-order chi connectivity index (χ1) is 8.22. The van der Waals surface area contributed by atoms with Gasteiger partial charge in [-0.25, -0.2) is 0 Å². The molecule has 0 spiro atoms. The van der Waals surface area contributed by atoms with Crippen LogP contribution in [0.1, 0.15) is 45.4 Å². The third kappa shape index (κ3) is 3.06. The van der Waals surface area contributed by atoms with Crippen molar-refractivity contribution in [3.63, 3.8) is 0 Å². The van der Waals surface area contributed by atoms with Gasteiger partial charge in [0, 0.05) is 12.1 Å². The molecule has 2 saturated heterocycles. The maximum atomic E-state index is 5.89. The molecule has 2 fully saturated rings. The van der Waals surface area contributed by atoms with Crippen molar-refractivity contribution in [3.05, 3.63) is 11.1 Å². The van der Waals surface area contributed by atoms with E-state index in [1.54, 1.807) is 0 Å². The first kappa shape index (κ1) is 13.0. The van der Waals surface area contributed by atoms with Crippen LogP contribution in [0.15, 0.2) is 11.1 Å². The van der Waals surface area contributed by atoms with Crippen molar-refractivity contribution in [3.8, 4) is 12.3 Å². The van der Waals surface area contributed by atoms with E-state index in [-0.39, 0.29) is 0 Å². The van der Waals surface area contributed by atoms with E-state index in [0.717, 1.165) is 18.4 Å². The van der Waals surface area contributed by atoms with Gasteiger partial charge in [-0.3, -0.25) is 4.90 Å². The van der Waals surface area contributed by atoms with Crippen LogP contribution in [0.2, 0.25) is 0 Å². The Morgan fingerprint density at radius 3 is 3.00 bits per heavy atom. The van der Waals surface area contributed by atoms with Gasteiger partial charge in [0.05, 0.1) is 5.03 Å². The summed E-state index contributed by atoms with van der Waals surface area (Å²) in [6, 6.07) is 1.47. The van der Waals surface area contributed by atoms with Crippen LogP contribution >= 0.6 is 11.6 Å². The van der Waals surface area contributed by atoms with Gasteiger partial charge in [-0.1, -0.05) is 36.9 Å². The number of rotatable bonds is 2. The van der Waals surface area contributed by atoms with Crippen LogP contribution in [-0.2, 0) is 0 Å². The second kappa shape index (κ2) is 5.94. The Hall–Kier alpha value is -0.450. The van der Waals surface area contributed by atoms with Gasteiger partial charge in [0.25, 0.3) is 0 Å². The van der Waals surface area contributed by atoms with Gasteiger partial charge in [0.1, 0.15) is 0 Å². The topological polar surface area (TPSA) is 3.24 Å². The highest BCUT2D eigenvalue weighted by molar-refractivity contribution is 6.32. The van der Waals surface area contributed by atoms with Crippen molar-refractivity contribution in [2.45, 2.75) is 57.5 Å². The van der Waals surface area contributed by atoms with Crippen LogP contribution in [0, 0.1) is 18.3 Å². The lowest BCUT2D eigenvalue weighted by molar-refractivity contribution is 0.0192. The van der Waals surface area contributed by atoms with Crippen LogP contribution in [-0.4, -0.2) is 23.5 Å². The van der Waals surface area contributed by atoms with E-state index in [2.05, 4.69) is 17.7 Å². The highest BCUT2D eigenvalue weighted by Crippen LogP contribution is 2.35. The van der Waals surface area contributed by atoms with Crippen molar-refractivity contribution < 1.29 is 0 Å². The molecule has 0 saturated carbocycles. The molecular weight excluding hydrogens is 230 g/mol. The molecule has 0 aliphatic carbocycles. The SMILES string of the molecule is C#C/C(Cl)=C/C[C@@H]1CC[C@@H](C)[C@@H]2CCCCN12. The summed E-state index contributed by atoms with van der Waals surface area (Å²) in [5.74, 6) is 3.35. The molecule has 1 nitrogen and oxygen atoms in total. The van der Waals surface area contributed by atoms with Crippen molar-refractivity contribution in [2.75, 3.05) is 6.54 Å². The lowest BCUT2D eigenvalue weighted by Gasteiger charge is -2.48. The standard InChI is InChI=1S/C15H22ClN/c1-3-13(16)8-10-14-9-7-12(2)15-6-4-5-11-17(14)15/h1,8,12,14-15H,4-7,9-11H2,2H3/b13-8-/t12-,14+,15+/m1/s1. The fourth-order valence-electron chi connectivity index (χ4n) is 3.41. The van der Waals surface area contributed by atoms with Gasteiger partial charge < -0.3 is 0 Å². The first-order valence-corrected chi connectivity index (χ1v) is 7.18. The fraction of sp³-hybridized carbons (Fsp3) is 0.733. The van der Waals surface area contributed by atoms with E-state index in [4.69, 9.17) is 18.0 Å². The Morgan fingerprint density at radius 2 is 2.24 bits per heavy atom. The Morgan fingerprint density at radius 1 is 1.41 bits per heavy atom. The predicted molar refractivity (Wildman–Crippen MR) is 73.9 cm³/mol. The quantitative estimate of drug-likeness (QED) is 0.675. The van der Waals surface area contributed by atoms with E-state index < -0.39 is 0 Å². The zero-order valence-electron chi connectivity index (χ0n) is 10.7. The molecule has 0 aromatic rings. The summed E-state index contributed by atoms with van der Waals surface area (Å²) >= 11 is 5.89. The fourth-order valence-corrected chi connectivity index (χ4v) is 3.50. The molecule has 2 aliphatic heterocycles. The normalized spacial score (nSPS) is 35.1. The molecule has 94 valence electrons. The number of allylic oxidation sites excluding steroid dienone is 1. The average Bonchev–Trinajstić information content (AvgIpc) is 2.38. The molecular formula is C15H22ClN. The number of halogens is 1. The lowest BCUT2D eigenvalue weighted by atomic mass is 9.81. The number of nitrogens with zero attached hydrogens (tertiary/aromatic N) is 1. The lowest BCUT2D eigenvalue weighted by Crippen LogP contribution is -2.52. The summed E-state index contributed by atoms with van der Waals surface area (Å²) in [5, 5.41) is 0.567. The second-order valence-electron chi connectivity index (χ2n) is 5.44. The van der Waals surface area contributed by atoms with Gasteiger partial charge >= 0.3 is 0 Å². The van der Waals surface area contributed by atoms with E-state index in [1.165, 1.54) is 38.6 Å². The minimum atomic E-state index is 0.567. The maximum absolute atomic E-state index is 5.89. The molecule has 3 atom stereocenters. The van der Waals surface area contributed by atoms with Crippen LogP contribution in [0.4, 0.5) is 0 Å². The Balaban J connectivity index is 2.00. The largest absolute Gasteiger partial charge is 0.297 e. The zero-order valence-corrected chi connectivity index (χ0v) is 11.4. The second-order valence-corrected chi connectivity index (χ2v) is 5.85. The van der Waals surface area contributed by atoms with E-state index >= 15 is 0 Å². The van der Waals surface area contributed by atoms with Gasteiger partial charge in [-0.2, -0.15) is 0 Å². The molecule has 2 aliphatic rings. The van der Waals surface area contributed by atoms with Crippen molar-refractivity contribution >= 4 is 11.6 Å². The van der Waals surface area contributed by atoms with E-state index in [9.17, 15) is 0 Å². The van der Waals surface area contributed by atoms with E-state index in [1.807, 2.05) is 6.08 Å². The molecule has 0 N–H and O–H groups in total. The Labute approximate surface area is 110 Å². The smallest absolute Gasteiger partial charge is 0.0862 e. The van der Waals surface area contributed by atoms with Crippen LogP contribution < -0.4 is 0 Å². The molecule has 0 radical (unpaired) electrons. The molecule has 2 heterocycles. The number of hydrogen-bond donors (Lipinski definition) is 0. The van der Waals surface area contributed by atoms with Crippen LogP contribution in [0.25, 0.3) is 0 Å². The molecule has 0 aromatic carbocycles. The molecule has 2 heteroatoms. The Kier molecular flexibility index (Phi) is 4.54. The minimum Gasteiger partial charge on any atom is -0.297 e. The van der Waals surface area contributed by atoms with Crippen LogP contribution in [0.3, 0.4) is 0 Å². The highest BCUT2D eigenvalue weighted by Gasteiger charge is 2.35. The molecule has 17 heavy (non-hydrogen) atoms. The number of fused-ring (bicyclic) bond motifs is 1. The van der Waals surface area contributed by atoms with Crippen molar-refractivity contribution in [1.29, 1.82) is 0 Å². The van der Waals surface area contributed by atoms with Gasteiger partial charge in [-0.15, -0.1) is 6.42 Å². The number of hydrogen-bond acceptors (Lipinski definition) is 1. The van der Waals surface area contributed by atoms with Crippen LogP contribution in [0.5, 0.6) is 0 Å². The average molecular weight is 252 g/mol. The molecule has 0 unspecified atom stereocenters. The third-order valence-corrected chi connectivity index (χ3v) is 4.64. The maximum Gasteiger partial charge on any atom is 0.0862 e. The highest BCUT2D eigenvalue weighted by atomic mass is 35.5. The summed E-state index contributed by atoms with van der Waals surface area (Å²) in [4.78, 5) is 2.72. The summed E-state index contributed by atoms with van der Waals surface area (Å²) in [7, 11) is 0. The zero-order chi connectivity index (χ0) is 12.3. The summed E-state index contributed by atoms with van der Waals surface area (Å²) in [5.41, 5.74) is 0. The summed E-state index contributed by atoms with van der Waals surface area (Å²) in [6.45, 7) is 3.67. The monoisotopic (exact) mass is 251 g/mol. The molecule has 0 amide bonds. The predicted octanol–water partition coefficient (Wildman–Crippen LogP) is 3.79. The van der Waals surface area contributed by atoms with E-state index in [0.29, 0.717) is 11.1 Å². The van der Waals surface area contributed by atoms with Crippen molar-refractivity contribution in [1.82, 2.24) is 4.90 Å². The minimum absolute atomic E-state index is 0.567. The Bertz CT molecular complexity index is 328. The summed E-state index contributed by atoms with van der Waals surface area (Å²) in [6.07, 6.45) is 15.1. The van der Waals surface area contributed by atoms with Gasteiger partial charge in [0.2, 0.25) is 0 Å². The number of terminal acetylenes is 1. The number of piperidine rings is 2. The molecule has 0 aromatic heterocycles. The summed E-state index contributed by atoms with van der Waals surface area (Å²) < 4.78 is 0. The van der Waals surface area contributed by atoms with Gasteiger partial charge in [0.15, 0.2) is 0 Å². The first-order valence-electron chi connectivity index (χ1n) is 6.80. The molecule has 0 bridgehead atoms.